The number of methoxy groups -OCH3 is 2. The Morgan fingerprint density at radius 2 is 1.67 bits per heavy atom. The molecule has 10 atom stereocenters. The number of benzene rings is 1. The number of rotatable bonds is 7. The Hall–Kier alpha value is -5.20. The van der Waals surface area contributed by atoms with Crippen molar-refractivity contribution >= 4 is 35.4 Å². The highest BCUT2D eigenvalue weighted by atomic mass is 16.7. The molecule has 8 aliphatic rings. The molecule has 2 saturated heterocycles. The number of carbonyl (C=O) groups excluding carboxylic acids is 5. The SMILES string of the molecule is COCCN1CCN(N=CC2=C3NC(=O)C(C)=CC=CC4(C)OC(C(C)C(O)C(C)C(OC(C)=O)C(C)C(OC)C=COC5(C)Oc6c(C)c(O)c(c(c6C5=O)C2=O)C3=O)C4C)CC1. The number of phenols is 1. The van der Waals surface area contributed by atoms with E-state index in [9.17, 15) is 34.2 Å². The van der Waals surface area contributed by atoms with Crippen LogP contribution in [0.25, 0.3) is 0 Å². The monoisotopic (exact) mass is 890 g/mol. The molecule has 10 unspecified atom stereocenters. The van der Waals surface area contributed by atoms with Gasteiger partial charge in [0, 0.05) is 95.6 Å². The summed E-state index contributed by atoms with van der Waals surface area (Å²) in [5, 5.41) is 32.3. The number of carbonyl (C=O) groups is 5. The molecule has 7 aliphatic heterocycles. The lowest BCUT2D eigenvalue weighted by Gasteiger charge is -2.54. The van der Waals surface area contributed by atoms with Crippen LogP contribution in [0.15, 0.2) is 52.5 Å². The molecule has 1 aliphatic carbocycles. The molecule has 17 heteroatoms. The third kappa shape index (κ3) is 9.05. The predicted molar refractivity (Wildman–Crippen MR) is 234 cm³/mol. The van der Waals surface area contributed by atoms with Crippen molar-refractivity contribution in [3.63, 3.8) is 0 Å². The van der Waals surface area contributed by atoms with E-state index >= 15 is 0 Å². The van der Waals surface area contributed by atoms with Crippen LogP contribution in [0.5, 0.6) is 11.5 Å². The van der Waals surface area contributed by atoms with Gasteiger partial charge >= 0.3 is 11.8 Å². The van der Waals surface area contributed by atoms with E-state index in [0.29, 0.717) is 32.8 Å². The van der Waals surface area contributed by atoms with Crippen molar-refractivity contribution in [1.29, 1.82) is 0 Å². The number of allylic oxidation sites excluding steroid dienone is 4. The Kier molecular flexibility index (Phi) is 14.4. The van der Waals surface area contributed by atoms with E-state index < -0.39 is 99.3 Å². The van der Waals surface area contributed by atoms with Gasteiger partial charge in [-0.1, -0.05) is 45.9 Å². The smallest absolute Gasteiger partial charge is 0.312 e. The normalized spacial score (nSPS) is 32.8. The van der Waals surface area contributed by atoms with E-state index in [4.69, 9.17) is 28.4 Å². The number of hydrogen-bond donors (Lipinski definition) is 3. The van der Waals surface area contributed by atoms with Gasteiger partial charge in [-0.05, 0) is 26.8 Å². The molecule has 2 fully saturated rings. The summed E-state index contributed by atoms with van der Waals surface area (Å²) < 4.78 is 35.4. The third-order valence-corrected chi connectivity index (χ3v) is 13.5. The number of aliphatic hydroxyl groups excluding tert-OH is 1. The van der Waals surface area contributed by atoms with Gasteiger partial charge in [-0.3, -0.25) is 33.9 Å². The first-order valence-corrected chi connectivity index (χ1v) is 21.7. The fourth-order valence-corrected chi connectivity index (χ4v) is 9.19. The highest BCUT2D eigenvalue weighted by molar-refractivity contribution is 6.37. The molecule has 1 aromatic rings. The van der Waals surface area contributed by atoms with Crippen molar-refractivity contribution in [3.05, 3.63) is 69.7 Å². The largest absolute Gasteiger partial charge is 0.507 e. The minimum Gasteiger partial charge on any atom is -0.507 e. The molecule has 64 heavy (non-hydrogen) atoms. The Morgan fingerprint density at radius 1 is 0.984 bits per heavy atom. The summed E-state index contributed by atoms with van der Waals surface area (Å²) in [6.07, 6.45) is 5.98. The van der Waals surface area contributed by atoms with Crippen LogP contribution >= 0.6 is 0 Å². The average Bonchev–Trinajstić information content (AvgIpc) is 3.53. The second-order valence-electron chi connectivity index (χ2n) is 17.8. The van der Waals surface area contributed by atoms with Crippen LogP contribution in [-0.2, 0) is 33.3 Å². The maximum absolute atomic E-state index is 14.8. The number of nitrogens with zero attached hydrogens (tertiary/aromatic N) is 3. The summed E-state index contributed by atoms with van der Waals surface area (Å²) in [7, 11) is 3.09. The second kappa shape index (κ2) is 19.1. The average molecular weight is 891 g/mol. The fraction of sp³-hybridized carbons (Fsp3) is 0.574. The van der Waals surface area contributed by atoms with E-state index in [1.165, 1.54) is 53.4 Å². The van der Waals surface area contributed by atoms with Crippen LogP contribution in [0, 0.1) is 30.6 Å². The number of phenolic OH excluding ortho intramolecular Hbond substituents is 1. The standard InChI is InChI=1S/C47H62N4O13/c1-24-13-12-15-46(8)29(6)42(63-46)27(4)37(53)26(3)41(62-30(7)52)25(2)32(60-11)14-21-61-47(9)44(57)35-33-34(38(54)28(5)43(35)64-47)40(56)36(49-45(24)58)31(39(33)55)23-48-51-18-16-50(17-19-51)20-22-59-10/h12-15,21,23,25-27,29,32,37,41-42,53-54H,16-20,22H2,1-11H3,(H,49,58). The first kappa shape index (κ1) is 48.3. The van der Waals surface area contributed by atoms with E-state index in [0.717, 1.165) is 6.54 Å². The van der Waals surface area contributed by atoms with Gasteiger partial charge in [0.1, 0.15) is 23.3 Å². The topological polar surface area (TPSA) is 212 Å². The number of nitrogens with one attached hydrogen (secondary N) is 1. The zero-order valence-electron chi connectivity index (χ0n) is 38.6. The Bertz CT molecular complexity index is 2210. The van der Waals surface area contributed by atoms with Gasteiger partial charge in [0.05, 0.1) is 65.3 Å². The summed E-state index contributed by atoms with van der Waals surface area (Å²) >= 11 is 0. The van der Waals surface area contributed by atoms with Gasteiger partial charge in [0.2, 0.25) is 5.78 Å². The van der Waals surface area contributed by atoms with Gasteiger partial charge in [0.25, 0.3) is 11.7 Å². The summed E-state index contributed by atoms with van der Waals surface area (Å²) in [6.45, 7) is 18.6. The van der Waals surface area contributed by atoms with Crippen molar-refractivity contribution in [2.24, 2.45) is 28.8 Å². The summed E-state index contributed by atoms with van der Waals surface area (Å²) in [6, 6.07) is 0. The minimum atomic E-state index is -2.09. The van der Waals surface area contributed by atoms with E-state index in [1.54, 1.807) is 38.1 Å². The van der Waals surface area contributed by atoms with Crippen LogP contribution in [0.3, 0.4) is 0 Å². The molecule has 348 valence electrons. The van der Waals surface area contributed by atoms with E-state index in [2.05, 4.69) is 15.3 Å². The molecule has 17 nitrogen and oxygen atoms in total. The first-order chi connectivity index (χ1) is 30.2. The number of aliphatic hydroxyl groups is 1. The maximum atomic E-state index is 14.8. The summed E-state index contributed by atoms with van der Waals surface area (Å²) in [4.78, 5) is 72.5. The molecule has 7 heterocycles. The van der Waals surface area contributed by atoms with Crippen molar-refractivity contribution in [1.82, 2.24) is 15.2 Å². The molecule has 3 N–H and O–H groups in total. The van der Waals surface area contributed by atoms with Gasteiger partial charge in [-0.15, -0.1) is 0 Å². The molecular weight excluding hydrogens is 829 g/mol. The molecule has 0 radical (unpaired) electrons. The number of amides is 1. The number of hydrogen-bond acceptors (Lipinski definition) is 16. The third-order valence-electron chi connectivity index (χ3n) is 13.5. The number of hydrazone groups is 1. The van der Waals surface area contributed by atoms with Crippen molar-refractivity contribution < 1.29 is 62.6 Å². The van der Waals surface area contributed by atoms with E-state index in [-0.39, 0.29) is 40.0 Å². The zero-order chi connectivity index (χ0) is 47.0. The predicted octanol–water partition coefficient (Wildman–Crippen LogP) is 4.05. The van der Waals surface area contributed by atoms with Gasteiger partial charge < -0.3 is 44.0 Å². The summed E-state index contributed by atoms with van der Waals surface area (Å²) in [5.41, 5.74) is -2.48. The molecule has 9 rings (SSSR count). The summed E-state index contributed by atoms with van der Waals surface area (Å²) in [5.74, 6) is -8.31. The van der Waals surface area contributed by atoms with Gasteiger partial charge in [-0.2, -0.15) is 5.10 Å². The zero-order valence-corrected chi connectivity index (χ0v) is 38.6. The lowest BCUT2D eigenvalue weighted by Crippen LogP contribution is -2.60. The maximum Gasteiger partial charge on any atom is 0.312 e. The molecular formula is C47H62N4O13. The quantitative estimate of drug-likeness (QED) is 0.261. The van der Waals surface area contributed by atoms with Crippen LogP contribution in [0.4, 0.5) is 0 Å². The molecule has 0 spiro atoms. The lowest BCUT2D eigenvalue weighted by molar-refractivity contribution is -0.251. The van der Waals surface area contributed by atoms with Crippen LogP contribution < -0.4 is 10.1 Å². The number of piperazine rings is 1. The minimum absolute atomic E-state index is 0.00564. The van der Waals surface area contributed by atoms with Crippen molar-refractivity contribution in [2.75, 3.05) is 53.6 Å². The lowest BCUT2D eigenvalue weighted by atomic mass is 9.70. The van der Waals surface area contributed by atoms with E-state index in [1.807, 2.05) is 26.8 Å². The molecule has 0 aromatic heterocycles. The Labute approximate surface area is 374 Å². The molecule has 0 saturated carbocycles. The number of Topliss-reactive ketones (excluding diaryl/α,β-unsaturated/α-hetero) is 3. The molecule has 1 aromatic carbocycles. The first-order valence-electron chi connectivity index (χ1n) is 21.7. The Morgan fingerprint density at radius 3 is 2.30 bits per heavy atom. The number of ketones is 3. The van der Waals surface area contributed by atoms with Crippen LogP contribution in [0.1, 0.15) is 92.0 Å². The highest BCUT2D eigenvalue weighted by Gasteiger charge is 2.54. The van der Waals surface area contributed by atoms with Crippen LogP contribution in [0.2, 0.25) is 0 Å². The molecule has 7 bridgehead atoms. The fourth-order valence-electron chi connectivity index (χ4n) is 9.19. The Balaban J connectivity index is 1.44. The number of aromatic hydroxyl groups is 1. The number of esters is 1. The van der Waals surface area contributed by atoms with Crippen molar-refractivity contribution in [3.8, 4) is 11.5 Å². The van der Waals surface area contributed by atoms with Gasteiger partial charge in [-0.25, -0.2) is 0 Å². The molecule has 1 amide bonds. The highest BCUT2D eigenvalue weighted by Crippen LogP contribution is 2.49. The second-order valence-corrected chi connectivity index (χ2v) is 17.8. The number of ether oxygens (including phenoxy) is 6. The van der Waals surface area contributed by atoms with Gasteiger partial charge in [0.15, 0.2) is 5.78 Å². The van der Waals surface area contributed by atoms with Crippen LogP contribution in [-0.4, -0.2) is 145 Å². The van der Waals surface area contributed by atoms with Crippen molar-refractivity contribution in [2.45, 2.75) is 98.1 Å².